The number of nitrogens with two attached hydrogens (primary N) is 1. The van der Waals surface area contributed by atoms with Crippen LogP contribution in [-0.2, 0) is 0 Å². The summed E-state index contributed by atoms with van der Waals surface area (Å²) < 4.78 is 0. The molecule has 0 aromatic heterocycles. The second-order valence-corrected chi connectivity index (χ2v) is 1.79. The van der Waals surface area contributed by atoms with Gasteiger partial charge >= 0.3 is 0 Å². The van der Waals surface area contributed by atoms with E-state index in [0.29, 0.717) is 0 Å². The fraction of sp³-hybridized carbons (Fsp3) is 0.200. The van der Waals surface area contributed by atoms with Crippen molar-refractivity contribution < 1.29 is 5.06 Å². The van der Waals surface area contributed by atoms with Crippen LogP contribution < -0.4 is 16.3 Å². The monoisotopic (exact) mass is 127 g/mol. The molecule has 0 amide bonds. The number of hydrogen-bond donors (Lipinski definition) is 3. The van der Waals surface area contributed by atoms with Gasteiger partial charge in [0.2, 0.25) is 0 Å². The molecule has 50 valence electrons. The SMILES string of the molecule is NNC1C=CC=C[NH+]1[O-]. The van der Waals surface area contributed by atoms with Crippen LogP contribution in [-0.4, -0.2) is 6.17 Å². The van der Waals surface area contributed by atoms with Gasteiger partial charge in [-0.2, -0.15) is 0 Å². The summed E-state index contributed by atoms with van der Waals surface area (Å²) in [6, 6.07) is 0. The molecule has 0 aromatic carbocycles. The lowest BCUT2D eigenvalue weighted by Gasteiger charge is -2.26. The Bertz CT molecular complexity index is 143. The summed E-state index contributed by atoms with van der Waals surface area (Å²) in [5, 5.41) is 10.7. The number of allylic oxidation sites excluding steroid dienone is 2. The largest absolute Gasteiger partial charge is 0.628 e. The lowest BCUT2D eigenvalue weighted by Crippen LogP contribution is -3.09. The highest BCUT2D eigenvalue weighted by Crippen LogP contribution is 1.81. The van der Waals surface area contributed by atoms with Crippen molar-refractivity contribution in [2.75, 3.05) is 0 Å². The predicted molar refractivity (Wildman–Crippen MR) is 33.7 cm³/mol. The smallest absolute Gasteiger partial charge is 0.177 e. The van der Waals surface area contributed by atoms with Crippen molar-refractivity contribution in [3.8, 4) is 0 Å². The Balaban J connectivity index is 2.55. The van der Waals surface area contributed by atoms with Crippen molar-refractivity contribution in [1.82, 2.24) is 5.43 Å². The van der Waals surface area contributed by atoms with E-state index in [1.165, 1.54) is 6.20 Å². The maximum absolute atomic E-state index is 10.7. The van der Waals surface area contributed by atoms with Gasteiger partial charge in [0.25, 0.3) is 0 Å². The number of hydrogen-bond acceptors (Lipinski definition) is 3. The molecule has 2 atom stereocenters. The van der Waals surface area contributed by atoms with E-state index in [4.69, 9.17) is 5.84 Å². The van der Waals surface area contributed by atoms with Gasteiger partial charge in [-0.1, -0.05) is 6.08 Å². The fourth-order valence-corrected chi connectivity index (χ4v) is 0.662. The molecule has 4 heteroatoms. The minimum absolute atomic E-state index is 0.000000000000000222. The number of rotatable bonds is 1. The van der Waals surface area contributed by atoms with Gasteiger partial charge < -0.3 is 10.3 Å². The first-order valence-corrected chi connectivity index (χ1v) is 2.69. The van der Waals surface area contributed by atoms with E-state index in [-0.39, 0.29) is 11.2 Å². The van der Waals surface area contributed by atoms with Gasteiger partial charge in [-0.3, -0.25) is 5.84 Å². The lowest BCUT2D eigenvalue weighted by molar-refractivity contribution is -0.818. The van der Waals surface area contributed by atoms with Crippen LogP contribution in [0.15, 0.2) is 24.4 Å². The third kappa shape index (κ3) is 1.36. The molecule has 1 aliphatic rings. The summed E-state index contributed by atoms with van der Waals surface area (Å²) in [6.07, 6.45) is 6.35. The molecular weight excluding hydrogens is 118 g/mol. The second kappa shape index (κ2) is 2.75. The van der Waals surface area contributed by atoms with Crippen LogP contribution in [0.1, 0.15) is 0 Å². The van der Waals surface area contributed by atoms with Gasteiger partial charge in [0, 0.05) is 0 Å². The van der Waals surface area contributed by atoms with Gasteiger partial charge in [0.1, 0.15) is 0 Å². The van der Waals surface area contributed by atoms with Crippen molar-refractivity contribution in [2.24, 2.45) is 5.84 Å². The average molecular weight is 127 g/mol. The highest BCUT2D eigenvalue weighted by Gasteiger charge is 2.07. The van der Waals surface area contributed by atoms with E-state index in [1.807, 2.05) is 0 Å². The summed E-state index contributed by atoms with van der Waals surface area (Å²) in [6.45, 7) is 0. The molecule has 1 aliphatic heterocycles. The van der Waals surface area contributed by atoms with Crippen LogP contribution in [0.5, 0.6) is 0 Å². The van der Waals surface area contributed by atoms with Crippen LogP contribution in [0.4, 0.5) is 0 Å². The fourth-order valence-electron chi connectivity index (χ4n) is 0.662. The van der Waals surface area contributed by atoms with Gasteiger partial charge in [0.05, 0.1) is 6.20 Å². The van der Waals surface area contributed by atoms with Gasteiger partial charge in [-0.05, 0) is 12.2 Å². The minimum atomic E-state index is -0.324. The number of nitrogens with one attached hydrogen (secondary N) is 2. The first kappa shape index (κ1) is 6.44. The first-order valence-electron chi connectivity index (χ1n) is 2.69. The Labute approximate surface area is 53.2 Å². The third-order valence-corrected chi connectivity index (χ3v) is 1.16. The first-order chi connectivity index (χ1) is 4.34. The topological polar surface area (TPSA) is 65.5 Å². The molecule has 0 aliphatic carbocycles. The molecule has 0 saturated carbocycles. The molecule has 1 rings (SSSR count). The minimum Gasteiger partial charge on any atom is -0.628 e. The average Bonchev–Trinajstić information content (AvgIpc) is 1.89. The Morgan fingerprint density at radius 3 is 2.78 bits per heavy atom. The predicted octanol–water partition coefficient (Wildman–Crippen LogP) is -1.76. The van der Waals surface area contributed by atoms with Gasteiger partial charge in [0.15, 0.2) is 6.17 Å². The maximum atomic E-state index is 10.7. The molecule has 0 aromatic rings. The number of hydrazine groups is 1. The summed E-state index contributed by atoms with van der Waals surface area (Å²) in [7, 11) is 0. The molecule has 2 unspecified atom stereocenters. The van der Waals surface area contributed by atoms with E-state index in [9.17, 15) is 5.21 Å². The maximum Gasteiger partial charge on any atom is 0.177 e. The van der Waals surface area contributed by atoms with Gasteiger partial charge in [-0.15, -0.1) is 0 Å². The van der Waals surface area contributed by atoms with Crippen molar-refractivity contribution in [3.05, 3.63) is 29.6 Å². The van der Waals surface area contributed by atoms with Crippen molar-refractivity contribution in [3.63, 3.8) is 0 Å². The second-order valence-electron chi connectivity index (χ2n) is 1.79. The Hall–Kier alpha value is -0.680. The summed E-state index contributed by atoms with van der Waals surface area (Å²) in [4.78, 5) is 0. The molecule has 4 nitrogen and oxygen atoms in total. The Kier molecular flexibility index (Phi) is 1.96. The standard InChI is InChI=1S/C5H9N3O/c6-7-5-3-1-2-4-8(5)9/h1-5,7-8H,6H2. The Morgan fingerprint density at radius 2 is 2.33 bits per heavy atom. The lowest BCUT2D eigenvalue weighted by atomic mass is 10.3. The Morgan fingerprint density at radius 1 is 1.56 bits per heavy atom. The van der Waals surface area contributed by atoms with E-state index in [1.54, 1.807) is 18.2 Å². The van der Waals surface area contributed by atoms with Crippen molar-refractivity contribution in [1.29, 1.82) is 0 Å². The molecule has 0 saturated heterocycles. The zero-order valence-corrected chi connectivity index (χ0v) is 4.87. The van der Waals surface area contributed by atoms with E-state index in [2.05, 4.69) is 5.43 Å². The molecule has 4 N–H and O–H groups in total. The van der Waals surface area contributed by atoms with Crippen LogP contribution in [0.2, 0.25) is 0 Å². The number of hydroxylamine groups is 2. The van der Waals surface area contributed by atoms with Crippen LogP contribution in [0, 0.1) is 5.21 Å². The molecule has 0 fully saturated rings. The molecule has 0 bridgehead atoms. The normalized spacial score (nSPS) is 33.1. The molecule has 9 heavy (non-hydrogen) atoms. The third-order valence-electron chi connectivity index (χ3n) is 1.16. The van der Waals surface area contributed by atoms with Gasteiger partial charge in [-0.25, -0.2) is 5.43 Å². The zero-order chi connectivity index (χ0) is 6.69. The van der Waals surface area contributed by atoms with E-state index < -0.39 is 0 Å². The zero-order valence-electron chi connectivity index (χ0n) is 4.87. The van der Waals surface area contributed by atoms with Crippen LogP contribution >= 0.6 is 0 Å². The van der Waals surface area contributed by atoms with E-state index >= 15 is 0 Å². The van der Waals surface area contributed by atoms with Crippen LogP contribution in [0.25, 0.3) is 0 Å². The summed E-state index contributed by atoms with van der Waals surface area (Å²) >= 11 is 0. The van der Waals surface area contributed by atoms with Crippen LogP contribution in [0.3, 0.4) is 0 Å². The molecule has 0 spiro atoms. The van der Waals surface area contributed by atoms with Crippen molar-refractivity contribution >= 4 is 0 Å². The van der Waals surface area contributed by atoms with Crippen molar-refractivity contribution in [2.45, 2.75) is 6.17 Å². The van der Waals surface area contributed by atoms with E-state index in [0.717, 1.165) is 0 Å². The molecular formula is C5H9N3O. The summed E-state index contributed by atoms with van der Waals surface area (Å²) in [5.74, 6) is 5.04. The summed E-state index contributed by atoms with van der Waals surface area (Å²) in [5.41, 5.74) is 2.37. The highest BCUT2D eigenvalue weighted by molar-refractivity contribution is 5.05. The molecule has 1 heterocycles. The molecule has 0 radical (unpaired) electrons. The quantitative estimate of drug-likeness (QED) is 0.222. The highest BCUT2D eigenvalue weighted by atomic mass is 16.5. The number of quaternary nitrogens is 1.